The summed E-state index contributed by atoms with van der Waals surface area (Å²) in [7, 11) is -4.17. The molecular formula is C13H20N2O3S2. The highest BCUT2D eigenvalue weighted by Crippen LogP contribution is 2.22. The van der Waals surface area contributed by atoms with Gasteiger partial charge in [0.05, 0.1) is 4.90 Å². The van der Waals surface area contributed by atoms with Gasteiger partial charge in [-0.15, -0.1) is 0 Å². The maximum absolute atomic E-state index is 12.0. The minimum Gasteiger partial charge on any atom is -0.384 e. The Labute approximate surface area is 122 Å². The van der Waals surface area contributed by atoms with E-state index in [9.17, 15) is 12.6 Å². The molecule has 112 valence electrons. The number of benzene rings is 1. The summed E-state index contributed by atoms with van der Waals surface area (Å²) in [6, 6.07) is 6.75. The Morgan fingerprint density at radius 1 is 1.25 bits per heavy atom. The molecule has 1 atom stereocenters. The summed E-state index contributed by atoms with van der Waals surface area (Å²) in [5.41, 5.74) is 0.837. The molecule has 7 heteroatoms. The van der Waals surface area contributed by atoms with Crippen molar-refractivity contribution in [2.24, 2.45) is 0 Å². The van der Waals surface area contributed by atoms with Crippen molar-refractivity contribution in [3.8, 4) is 0 Å². The molecule has 2 N–H and O–H groups in total. The Morgan fingerprint density at radius 3 is 2.45 bits per heavy atom. The van der Waals surface area contributed by atoms with Crippen molar-refractivity contribution >= 4 is 26.5 Å². The first-order chi connectivity index (χ1) is 9.51. The van der Waals surface area contributed by atoms with Crippen LogP contribution in [0.5, 0.6) is 0 Å². The van der Waals surface area contributed by atoms with E-state index in [1.807, 2.05) is 6.92 Å². The molecular weight excluding hydrogens is 296 g/mol. The second kappa shape index (κ2) is 6.69. The van der Waals surface area contributed by atoms with Crippen LogP contribution >= 0.6 is 0 Å². The van der Waals surface area contributed by atoms with Gasteiger partial charge >= 0.3 is 0 Å². The van der Waals surface area contributed by atoms with Gasteiger partial charge in [0.15, 0.2) is 0 Å². The molecule has 0 aromatic heterocycles. The minimum atomic E-state index is -3.38. The van der Waals surface area contributed by atoms with Crippen LogP contribution in [0.1, 0.15) is 19.8 Å². The van der Waals surface area contributed by atoms with Gasteiger partial charge in [0.1, 0.15) is 0 Å². The molecule has 0 saturated heterocycles. The van der Waals surface area contributed by atoms with Crippen LogP contribution in [-0.2, 0) is 20.8 Å². The number of hydrogen-bond donors (Lipinski definition) is 2. The quantitative estimate of drug-likeness (QED) is 0.758. The fourth-order valence-corrected chi connectivity index (χ4v) is 3.62. The lowest BCUT2D eigenvalue weighted by Gasteiger charge is -2.08. The van der Waals surface area contributed by atoms with Crippen LogP contribution < -0.4 is 10.0 Å². The molecule has 1 aromatic rings. The Kier molecular flexibility index (Phi) is 5.17. The highest BCUT2D eigenvalue weighted by atomic mass is 32.2. The Hall–Kier alpha value is -0.920. The van der Waals surface area contributed by atoms with Crippen molar-refractivity contribution in [1.82, 2.24) is 4.72 Å². The van der Waals surface area contributed by atoms with Gasteiger partial charge in [0, 0.05) is 40.6 Å². The van der Waals surface area contributed by atoms with E-state index in [4.69, 9.17) is 0 Å². The summed E-state index contributed by atoms with van der Waals surface area (Å²) in [6.07, 6.45) is 1.85. The van der Waals surface area contributed by atoms with Crippen LogP contribution in [0.25, 0.3) is 0 Å². The minimum absolute atomic E-state index is 0.113. The molecule has 0 bridgehead atoms. The second-order valence-electron chi connectivity index (χ2n) is 4.78. The monoisotopic (exact) mass is 316 g/mol. The number of rotatable bonds is 8. The largest absolute Gasteiger partial charge is 0.384 e. The summed E-state index contributed by atoms with van der Waals surface area (Å²) in [6.45, 7) is 2.51. The lowest BCUT2D eigenvalue weighted by Crippen LogP contribution is -2.25. The van der Waals surface area contributed by atoms with E-state index >= 15 is 0 Å². The molecule has 1 fully saturated rings. The molecule has 5 nitrogen and oxygen atoms in total. The molecule has 1 saturated carbocycles. The molecule has 2 rings (SSSR count). The molecule has 20 heavy (non-hydrogen) atoms. The molecule has 0 amide bonds. The molecule has 1 aromatic carbocycles. The van der Waals surface area contributed by atoms with Crippen molar-refractivity contribution in [1.29, 1.82) is 0 Å². The molecule has 0 radical (unpaired) electrons. The van der Waals surface area contributed by atoms with E-state index in [0.29, 0.717) is 18.1 Å². The zero-order valence-electron chi connectivity index (χ0n) is 11.5. The van der Waals surface area contributed by atoms with Gasteiger partial charge in [0.25, 0.3) is 0 Å². The molecule has 0 spiro atoms. The van der Waals surface area contributed by atoms with Crippen molar-refractivity contribution in [3.63, 3.8) is 0 Å². The number of nitrogens with one attached hydrogen (secondary N) is 2. The van der Waals surface area contributed by atoms with Gasteiger partial charge in [-0.2, -0.15) is 0 Å². The normalized spacial score (nSPS) is 16.9. The van der Waals surface area contributed by atoms with Gasteiger partial charge < -0.3 is 5.32 Å². The molecule has 1 aliphatic carbocycles. The lowest BCUT2D eigenvalue weighted by molar-refractivity contribution is 0.581. The van der Waals surface area contributed by atoms with Crippen LogP contribution in [0.3, 0.4) is 0 Å². The highest BCUT2D eigenvalue weighted by Gasteiger charge is 2.27. The van der Waals surface area contributed by atoms with Gasteiger partial charge in [-0.25, -0.2) is 13.1 Å². The Balaban J connectivity index is 1.90. The van der Waals surface area contributed by atoms with Crippen molar-refractivity contribution < 1.29 is 12.6 Å². The summed E-state index contributed by atoms with van der Waals surface area (Å²) in [5, 5.41) is 3.13. The maximum Gasteiger partial charge on any atom is 0.240 e. The van der Waals surface area contributed by atoms with Crippen LogP contribution in [0.4, 0.5) is 5.69 Å². The first-order valence-electron chi connectivity index (χ1n) is 6.72. The lowest BCUT2D eigenvalue weighted by atomic mass is 10.3. The van der Waals surface area contributed by atoms with Gasteiger partial charge in [-0.05, 0) is 37.1 Å². The zero-order chi connectivity index (χ0) is 14.6. The van der Waals surface area contributed by atoms with Gasteiger partial charge in [0.2, 0.25) is 10.0 Å². The second-order valence-corrected chi connectivity index (χ2v) is 8.36. The van der Waals surface area contributed by atoms with E-state index in [2.05, 4.69) is 10.0 Å². The number of anilines is 1. The highest BCUT2D eigenvalue weighted by molar-refractivity contribution is 7.89. The summed E-state index contributed by atoms with van der Waals surface area (Å²) in [4.78, 5) is 0.284. The van der Waals surface area contributed by atoms with Crippen LogP contribution in [0.2, 0.25) is 0 Å². The standard InChI is InChI=1S/C13H20N2O3S2/c1-2-19(16)10-9-14-11-5-7-13(8-6-11)20(17,18)15-12-3-4-12/h5-8,12,14-15H,2-4,9-10H2,1H3. The van der Waals surface area contributed by atoms with E-state index in [-0.39, 0.29) is 10.9 Å². The predicted octanol–water partition coefficient (Wildman–Crippen LogP) is 1.31. The van der Waals surface area contributed by atoms with E-state index in [1.165, 1.54) is 0 Å². The fraction of sp³-hybridized carbons (Fsp3) is 0.538. The van der Waals surface area contributed by atoms with Crippen molar-refractivity contribution in [2.75, 3.05) is 23.4 Å². The van der Waals surface area contributed by atoms with Crippen LogP contribution in [-0.4, -0.2) is 36.7 Å². The fourth-order valence-electron chi connectivity index (χ4n) is 1.69. The molecule has 1 aliphatic rings. The summed E-state index contributed by atoms with van der Waals surface area (Å²) in [5.74, 6) is 1.26. The van der Waals surface area contributed by atoms with Gasteiger partial charge in [-0.3, -0.25) is 4.21 Å². The average molecular weight is 316 g/mol. The molecule has 0 aliphatic heterocycles. The third-order valence-electron chi connectivity index (χ3n) is 3.04. The average Bonchev–Trinajstić information content (AvgIpc) is 3.22. The van der Waals surface area contributed by atoms with Crippen molar-refractivity contribution in [2.45, 2.75) is 30.7 Å². The smallest absolute Gasteiger partial charge is 0.240 e. The number of sulfonamides is 1. The Morgan fingerprint density at radius 2 is 1.90 bits per heavy atom. The van der Waals surface area contributed by atoms with Crippen LogP contribution in [0.15, 0.2) is 29.2 Å². The zero-order valence-corrected chi connectivity index (χ0v) is 13.1. The summed E-state index contributed by atoms with van der Waals surface area (Å²) >= 11 is 0. The molecule has 1 unspecified atom stereocenters. The maximum atomic E-state index is 12.0. The first kappa shape index (κ1) is 15.5. The predicted molar refractivity (Wildman–Crippen MR) is 81.8 cm³/mol. The van der Waals surface area contributed by atoms with Gasteiger partial charge in [-0.1, -0.05) is 6.92 Å². The van der Waals surface area contributed by atoms with Crippen molar-refractivity contribution in [3.05, 3.63) is 24.3 Å². The third kappa shape index (κ3) is 4.57. The Bertz CT molecular complexity index is 566. The SMILES string of the molecule is CCS(=O)CCNc1ccc(S(=O)(=O)NC2CC2)cc1. The topological polar surface area (TPSA) is 75.3 Å². The summed E-state index contributed by atoms with van der Waals surface area (Å²) < 4.78 is 37.9. The first-order valence-corrected chi connectivity index (χ1v) is 9.69. The third-order valence-corrected chi connectivity index (χ3v) is 5.88. The van der Waals surface area contributed by atoms with E-state index in [0.717, 1.165) is 18.5 Å². The number of hydrogen-bond acceptors (Lipinski definition) is 4. The van der Waals surface area contributed by atoms with E-state index < -0.39 is 20.8 Å². The molecule has 0 heterocycles. The van der Waals surface area contributed by atoms with Crippen LogP contribution in [0, 0.1) is 0 Å². The van der Waals surface area contributed by atoms with E-state index in [1.54, 1.807) is 24.3 Å².